The number of hydrogen-bond acceptors (Lipinski definition) is 10. The number of ether oxygens (including phenoxy) is 4. The smallest absolute Gasteiger partial charge is 0.410 e. The van der Waals surface area contributed by atoms with E-state index in [9.17, 15) is 26.4 Å². The third-order valence-corrected chi connectivity index (χ3v) is 10.8. The van der Waals surface area contributed by atoms with Crippen molar-refractivity contribution in [1.29, 1.82) is 0 Å². The fraction of sp³-hybridized carbons (Fsp3) is 0.382. The molecule has 5 rings (SSSR count). The van der Waals surface area contributed by atoms with Gasteiger partial charge in [-0.3, -0.25) is 0 Å². The highest BCUT2D eigenvalue weighted by Crippen LogP contribution is 2.38. The highest BCUT2D eigenvalue weighted by molar-refractivity contribution is 7.93. The summed E-state index contributed by atoms with van der Waals surface area (Å²) in [5.74, 6) is -8.01. The molecule has 1 unspecified atom stereocenters. The lowest BCUT2D eigenvalue weighted by Gasteiger charge is -2.39. The van der Waals surface area contributed by atoms with Gasteiger partial charge in [-0.25, -0.2) is 44.5 Å². The van der Waals surface area contributed by atoms with Gasteiger partial charge in [0, 0.05) is 60.4 Å². The number of anilines is 1. The van der Waals surface area contributed by atoms with Crippen LogP contribution in [0.5, 0.6) is 17.2 Å². The first-order chi connectivity index (χ1) is 24.5. The summed E-state index contributed by atoms with van der Waals surface area (Å²) in [5.41, 5.74) is -0.682. The predicted molar refractivity (Wildman–Crippen MR) is 180 cm³/mol. The van der Waals surface area contributed by atoms with Crippen molar-refractivity contribution in [1.82, 2.24) is 14.3 Å². The number of likely N-dealkylation sites (tertiary alicyclic amines) is 1. The van der Waals surface area contributed by atoms with E-state index in [4.69, 9.17) is 18.9 Å². The normalized spacial score (nSPS) is 16.4. The van der Waals surface area contributed by atoms with Crippen molar-refractivity contribution in [3.63, 3.8) is 0 Å². The Bertz CT molecular complexity index is 2030. The molecule has 2 heterocycles. The molecule has 3 aromatic carbocycles. The van der Waals surface area contributed by atoms with Crippen molar-refractivity contribution >= 4 is 32.8 Å². The Morgan fingerprint density at radius 3 is 2.33 bits per heavy atom. The van der Waals surface area contributed by atoms with Crippen LogP contribution >= 0.6 is 11.5 Å². The van der Waals surface area contributed by atoms with E-state index in [1.165, 1.54) is 25.2 Å². The summed E-state index contributed by atoms with van der Waals surface area (Å²) in [5, 5.41) is -0.139. The monoisotopic (exact) mass is 770 g/mol. The maximum Gasteiger partial charge on any atom is 0.410 e. The fourth-order valence-electron chi connectivity index (χ4n) is 5.73. The largest absolute Gasteiger partial charge is 0.497 e. The number of halogens is 5. The number of carbonyl (C=O) groups is 1. The molecule has 11 nitrogen and oxygen atoms in total. The van der Waals surface area contributed by atoms with E-state index in [0.29, 0.717) is 41.0 Å². The zero-order valence-electron chi connectivity index (χ0n) is 28.7. The SMILES string of the molecule is COc1ccc(CN(c2ncns2)S(=O)(=O)c2cc(F)c(OC[C@@H]3CN(C(=O)OC(C)(C)C)CCC3c3cc(F)c(F)cc3F)cc2F)c(OC)c1. The van der Waals surface area contributed by atoms with E-state index in [0.717, 1.165) is 16.7 Å². The Morgan fingerprint density at radius 2 is 1.67 bits per heavy atom. The van der Waals surface area contributed by atoms with Gasteiger partial charge in [-0.1, -0.05) is 0 Å². The number of sulfonamides is 1. The Hall–Kier alpha value is -4.71. The molecule has 1 aliphatic heterocycles. The molecular weight excluding hydrogens is 736 g/mol. The zero-order valence-corrected chi connectivity index (χ0v) is 30.3. The van der Waals surface area contributed by atoms with Crippen molar-refractivity contribution in [2.45, 2.75) is 50.2 Å². The van der Waals surface area contributed by atoms with Crippen molar-refractivity contribution in [2.75, 3.05) is 38.2 Å². The van der Waals surface area contributed by atoms with Crippen LogP contribution < -0.4 is 18.5 Å². The van der Waals surface area contributed by atoms with Gasteiger partial charge in [0.1, 0.15) is 40.0 Å². The molecule has 0 spiro atoms. The molecule has 1 amide bonds. The van der Waals surface area contributed by atoms with Gasteiger partial charge in [0.15, 0.2) is 23.2 Å². The molecule has 0 bridgehead atoms. The average molecular weight is 771 g/mol. The van der Waals surface area contributed by atoms with E-state index in [2.05, 4.69) is 9.36 Å². The van der Waals surface area contributed by atoms with Gasteiger partial charge >= 0.3 is 6.09 Å². The number of piperidine rings is 1. The van der Waals surface area contributed by atoms with Gasteiger partial charge in [-0.15, -0.1) is 0 Å². The van der Waals surface area contributed by atoms with Gasteiger partial charge < -0.3 is 23.8 Å². The summed E-state index contributed by atoms with van der Waals surface area (Å²) in [6.45, 7) is 4.08. The summed E-state index contributed by atoms with van der Waals surface area (Å²) in [6, 6.07) is 6.78. The molecule has 1 aromatic heterocycles. The highest BCUT2D eigenvalue weighted by Gasteiger charge is 2.37. The number of benzene rings is 3. The molecule has 52 heavy (non-hydrogen) atoms. The minimum atomic E-state index is -4.84. The second-order valence-electron chi connectivity index (χ2n) is 12.8. The summed E-state index contributed by atoms with van der Waals surface area (Å²) in [7, 11) is -2.03. The van der Waals surface area contributed by atoms with Crippen LogP contribution in [-0.2, 0) is 21.3 Å². The average Bonchev–Trinajstić information content (AvgIpc) is 3.62. The molecule has 0 saturated carbocycles. The first kappa shape index (κ1) is 38.5. The lowest BCUT2D eigenvalue weighted by molar-refractivity contribution is 0.0108. The summed E-state index contributed by atoms with van der Waals surface area (Å²) < 4.78 is 128. The molecule has 280 valence electrons. The van der Waals surface area contributed by atoms with Gasteiger partial charge in [0.05, 0.1) is 27.4 Å². The summed E-state index contributed by atoms with van der Waals surface area (Å²) >= 11 is 0.707. The lowest BCUT2D eigenvalue weighted by Crippen LogP contribution is -2.47. The molecular formula is C34H35F5N4O7S2. The molecule has 0 N–H and O–H groups in total. The minimum Gasteiger partial charge on any atom is -0.497 e. The van der Waals surface area contributed by atoms with Gasteiger partial charge in [-0.05, 0) is 56.9 Å². The quantitative estimate of drug-likeness (QED) is 0.117. The zero-order chi connectivity index (χ0) is 38.0. The molecule has 0 radical (unpaired) electrons. The molecule has 1 saturated heterocycles. The van der Waals surface area contributed by atoms with Crippen LogP contribution in [0.3, 0.4) is 0 Å². The third kappa shape index (κ3) is 8.49. The number of nitrogens with zero attached hydrogens (tertiary/aromatic N) is 4. The van der Waals surface area contributed by atoms with E-state index in [-0.39, 0.29) is 36.0 Å². The number of carbonyl (C=O) groups excluding carboxylic acids is 1. The van der Waals surface area contributed by atoms with E-state index < -0.39 is 86.4 Å². The van der Waals surface area contributed by atoms with Gasteiger partial charge in [0.25, 0.3) is 10.0 Å². The highest BCUT2D eigenvalue weighted by atomic mass is 32.2. The van der Waals surface area contributed by atoms with E-state index >= 15 is 8.78 Å². The third-order valence-electron chi connectivity index (χ3n) is 8.20. The summed E-state index contributed by atoms with van der Waals surface area (Å²) in [6.07, 6.45) is 0.487. The topological polar surface area (TPSA) is 120 Å². The second kappa shape index (κ2) is 15.5. The first-order valence-corrected chi connectivity index (χ1v) is 18.0. The molecule has 4 aromatic rings. The van der Waals surface area contributed by atoms with E-state index in [1.54, 1.807) is 32.9 Å². The van der Waals surface area contributed by atoms with Crippen LogP contribution in [-0.4, -0.2) is 68.3 Å². The van der Waals surface area contributed by atoms with Crippen LogP contribution in [0.2, 0.25) is 0 Å². The van der Waals surface area contributed by atoms with Crippen LogP contribution in [0, 0.1) is 35.0 Å². The molecule has 1 fully saturated rings. The Labute approximate surface area is 301 Å². The Kier molecular flexibility index (Phi) is 11.5. The Morgan fingerprint density at radius 1 is 0.942 bits per heavy atom. The van der Waals surface area contributed by atoms with Crippen LogP contribution in [0.15, 0.2) is 53.7 Å². The number of hydrogen-bond donors (Lipinski definition) is 0. The predicted octanol–water partition coefficient (Wildman–Crippen LogP) is 7.07. The fourth-order valence-corrected chi connectivity index (χ4v) is 7.92. The second-order valence-corrected chi connectivity index (χ2v) is 15.4. The minimum absolute atomic E-state index is 0.0670. The van der Waals surface area contributed by atoms with Crippen molar-refractivity contribution in [2.24, 2.45) is 5.92 Å². The van der Waals surface area contributed by atoms with Crippen LogP contribution in [0.4, 0.5) is 31.9 Å². The Balaban J connectivity index is 1.44. The maximum atomic E-state index is 15.8. The van der Waals surface area contributed by atoms with Gasteiger partial charge in [-0.2, -0.15) is 4.37 Å². The van der Waals surface area contributed by atoms with Crippen molar-refractivity contribution < 1.29 is 54.1 Å². The summed E-state index contributed by atoms with van der Waals surface area (Å²) in [4.78, 5) is 17.1. The van der Waals surface area contributed by atoms with Crippen LogP contribution in [0.25, 0.3) is 0 Å². The molecule has 18 heteroatoms. The van der Waals surface area contributed by atoms with Gasteiger partial charge in [0.2, 0.25) is 5.13 Å². The number of rotatable bonds is 11. The number of amides is 1. The molecule has 1 aliphatic rings. The van der Waals surface area contributed by atoms with E-state index in [1.807, 2.05) is 0 Å². The maximum absolute atomic E-state index is 15.8. The first-order valence-electron chi connectivity index (χ1n) is 15.8. The van der Waals surface area contributed by atoms with Crippen LogP contribution in [0.1, 0.15) is 44.2 Å². The number of aromatic nitrogens is 2. The lowest BCUT2D eigenvalue weighted by atomic mass is 9.80. The number of methoxy groups -OCH3 is 2. The van der Waals surface area contributed by atoms with Crippen molar-refractivity contribution in [3.8, 4) is 17.2 Å². The van der Waals surface area contributed by atoms with Crippen molar-refractivity contribution in [3.05, 3.63) is 89.0 Å². The molecule has 0 aliphatic carbocycles. The molecule has 2 atom stereocenters. The standard InChI is InChI=1S/C34H35F5N4O7S2/c1-34(2,3)50-33(44)42-9-8-22(23-11-25(36)26(37)12-24(23)35)20(15-42)17-49-30-13-28(39)31(14-27(30)38)52(45,46)43(32-40-18-41-51-32)16-19-6-7-21(47-4)10-29(19)48-5/h6-7,10-14,18,20,22H,8-9,15-17H2,1-5H3/t20-,22?/m0/s1.